The molecule has 0 spiro atoms. The van der Waals surface area contributed by atoms with Gasteiger partial charge in [-0.1, -0.05) is 32.9 Å². The van der Waals surface area contributed by atoms with Crippen LogP contribution >= 0.6 is 0 Å². The van der Waals surface area contributed by atoms with E-state index in [1.165, 1.54) is 0 Å². The number of hydrogen-bond acceptors (Lipinski definition) is 3. The second kappa shape index (κ2) is 3.03. The minimum atomic E-state index is 0.329. The predicted octanol–water partition coefficient (Wildman–Crippen LogP) is 2.32. The number of nitrogens with zero attached hydrogens (tertiary/aromatic N) is 2. The fourth-order valence-corrected chi connectivity index (χ4v) is 0.716. The molecular formula is C8H14N2O. The predicted molar refractivity (Wildman–Crippen MR) is 42.5 cm³/mol. The minimum absolute atomic E-state index is 0.329. The van der Waals surface area contributed by atoms with Gasteiger partial charge in [-0.2, -0.15) is 4.98 Å². The van der Waals surface area contributed by atoms with Crippen molar-refractivity contribution in [2.75, 3.05) is 0 Å². The van der Waals surface area contributed by atoms with Gasteiger partial charge in [0.1, 0.15) is 0 Å². The molecule has 0 radical (unpaired) electrons. The van der Waals surface area contributed by atoms with Gasteiger partial charge in [-0.05, 0) is 0 Å². The molecule has 0 aliphatic carbocycles. The van der Waals surface area contributed by atoms with E-state index in [2.05, 4.69) is 24.0 Å². The molecule has 0 saturated carbocycles. The second-order valence-corrected chi connectivity index (χ2v) is 3.30. The standard InChI is InChI=1S/C8H14N2O/c1-5(2)7-9-8(6(3)4)11-10-7/h5-6H,1-4H3. The Kier molecular flexibility index (Phi) is 2.27. The van der Waals surface area contributed by atoms with Crippen LogP contribution in [0.1, 0.15) is 51.2 Å². The average Bonchev–Trinajstić information content (AvgIpc) is 2.33. The zero-order chi connectivity index (χ0) is 8.43. The summed E-state index contributed by atoms with van der Waals surface area (Å²) in [5.74, 6) is 2.21. The Morgan fingerprint density at radius 2 is 1.73 bits per heavy atom. The summed E-state index contributed by atoms with van der Waals surface area (Å²) < 4.78 is 5.03. The van der Waals surface area contributed by atoms with E-state index in [1.807, 2.05) is 13.8 Å². The lowest BCUT2D eigenvalue weighted by atomic mass is 10.2. The molecule has 3 heteroatoms. The lowest BCUT2D eigenvalue weighted by Gasteiger charge is -1.94. The highest BCUT2D eigenvalue weighted by molar-refractivity contribution is 4.94. The molecule has 1 aromatic heterocycles. The van der Waals surface area contributed by atoms with E-state index >= 15 is 0 Å². The van der Waals surface area contributed by atoms with Gasteiger partial charge in [0.2, 0.25) is 5.89 Å². The van der Waals surface area contributed by atoms with Gasteiger partial charge in [0.05, 0.1) is 0 Å². The Balaban J connectivity index is 2.82. The van der Waals surface area contributed by atoms with Crippen molar-refractivity contribution in [2.24, 2.45) is 0 Å². The maximum atomic E-state index is 5.03. The van der Waals surface area contributed by atoms with Crippen LogP contribution in [0.25, 0.3) is 0 Å². The fourth-order valence-electron chi connectivity index (χ4n) is 0.716. The van der Waals surface area contributed by atoms with Gasteiger partial charge in [0.15, 0.2) is 5.82 Å². The van der Waals surface area contributed by atoms with E-state index in [4.69, 9.17) is 4.52 Å². The molecule has 0 bridgehead atoms. The molecule has 0 saturated heterocycles. The third kappa shape index (κ3) is 1.79. The fraction of sp³-hybridized carbons (Fsp3) is 0.750. The lowest BCUT2D eigenvalue weighted by Crippen LogP contribution is -1.91. The molecule has 11 heavy (non-hydrogen) atoms. The third-order valence-electron chi connectivity index (χ3n) is 1.47. The molecule has 62 valence electrons. The summed E-state index contributed by atoms with van der Waals surface area (Å²) >= 11 is 0. The van der Waals surface area contributed by atoms with Crippen molar-refractivity contribution in [3.8, 4) is 0 Å². The Morgan fingerprint density at radius 1 is 1.09 bits per heavy atom. The summed E-state index contributed by atoms with van der Waals surface area (Å²) in [7, 11) is 0. The molecule has 0 aliphatic rings. The maximum Gasteiger partial charge on any atom is 0.229 e. The number of rotatable bonds is 2. The Hall–Kier alpha value is -0.860. The molecule has 1 heterocycles. The molecule has 0 aliphatic heterocycles. The molecule has 1 rings (SSSR count). The van der Waals surface area contributed by atoms with Crippen molar-refractivity contribution >= 4 is 0 Å². The first-order chi connectivity index (χ1) is 5.11. The molecule has 0 atom stereocenters. The number of hydrogen-bond donors (Lipinski definition) is 0. The van der Waals surface area contributed by atoms with Crippen LogP contribution in [0.3, 0.4) is 0 Å². The second-order valence-electron chi connectivity index (χ2n) is 3.30. The van der Waals surface area contributed by atoms with Crippen LogP contribution < -0.4 is 0 Å². The highest BCUT2D eigenvalue weighted by Gasteiger charge is 2.11. The van der Waals surface area contributed by atoms with Gasteiger partial charge in [-0.3, -0.25) is 0 Å². The van der Waals surface area contributed by atoms with Crippen LogP contribution in [0, 0.1) is 0 Å². The third-order valence-corrected chi connectivity index (χ3v) is 1.47. The quantitative estimate of drug-likeness (QED) is 0.656. The normalized spacial score (nSPS) is 11.5. The van der Waals surface area contributed by atoms with Crippen LogP contribution in [0.2, 0.25) is 0 Å². The summed E-state index contributed by atoms with van der Waals surface area (Å²) in [6.07, 6.45) is 0. The van der Waals surface area contributed by atoms with Crippen LogP contribution in [-0.2, 0) is 0 Å². The summed E-state index contributed by atoms with van der Waals surface area (Å²) in [4.78, 5) is 4.23. The van der Waals surface area contributed by atoms with Gasteiger partial charge in [0, 0.05) is 11.8 Å². The van der Waals surface area contributed by atoms with Crippen molar-refractivity contribution in [3.63, 3.8) is 0 Å². The largest absolute Gasteiger partial charge is 0.339 e. The van der Waals surface area contributed by atoms with Crippen LogP contribution in [0.15, 0.2) is 4.52 Å². The first-order valence-corrected chi connectivity index (χ1v) is 3.94. The van der Waals surface area contributed by atoms with Crippen molar-refractivity contribution in [3.05, 3.63) is 11.7 Å². The van der Waals surface area contributed by atoms with Gasteiger partial charge in [-0.25, -0.2) is 0 Å². The molecule has 0 fully saturated rings. The summed E-state index contributed by atoms with van der Waals surface area (Å²) in [6.45, 7) is 8.18. The topological polar surface area (TPSA) is 38.9 Å². The first-order valence-electron chi connectivity index (χ1n) is 3.94. The number of aromatic nitrogens is 2. The van der Waals surface area contributed by atoms with Crippen LogP contribution in [0.4, 0.5) is 0 Å². The zero-order valence-corrected chi connectivity index (χ0v) is 7.46. The van der Waals surface area contributed by atoms with E-state index in [0.717, 1.165) is 11.7 Å². The molecule has 0 unspecified atom stereocenters. The lowest BCUT2D eigenvalue weighted by molar-refractivity contribution is 0.359. The van der Waals surface area contributed by atoms with Crippen LogP contribution in [-0.4, -0.2) is 10.1 Å². The smallest absolute Gasteiger partial charge is 0.229 e. The molecule has 0 N–H and O–H groups in total. The monoisotopic (exact) mass is 154 g/mol. The van der Waals surface area contributed by atoms with Crippen molar-refractivity contribution in [2.45, 2.75) is 39.5 Å². The molecule has 0 amide bonds. The molecule has 0 aromatic carbocycles. The zero-order valence-electron chi connectivity index (χ0n) is 7.46. The van der Waals surface area contributed by atoms with Crippen molar-refractivity contribution < 1.29 is 4.52 Å². The van der Waals surface area contributed by atoms with E-state index in [-0.39, 0.29) is 0 Å². The van der Waals surface area contributed by atoms with E-state index in [1.54, 1.807) is 0 Å². The SMILES string of the molecule is CC(C)c1noc(C(C)C)n1. The summed E-state index contributed by atoms with van der Waals surface area (Å²) in [5, 5.41) is 3.85. The van der Waals surface area contributed by atoms with E-state index < -0.39 is 0 Å². The minimum Gasteiger partial charge on any atom is -0.339 e. The highest BCUT2D eigenvalue weighted by atomic mass is 16.5. The Bertz CT molecular complexity index is 205. The Labute approximate surface area is 66.8 Å². The molecule has 1 aromatic rings. The summed E-state index contributed by atoms with van der Waals surface area (Å²) in [5.41, 5.74) is 0. The maximum absolute atomic E-state index is 5.03. The van der Waals surface area contributed by atoms with Crippen LogP contribution in [0.5, 0.6) is 0 Å². The van der Waals surface area contributed by atoms with E-state index in [0.29, 0.717) is 11.8 Å². The van der Waals surface area contributed by atoms with Gasteiger partial charge >= 0.3 is 0 Å². The van der Waals surface area contributed by atoms with Gasteiger partial charge < -0.3 is 4.52 Å². The average molecular weight is 154 g/mol. The van der Waals surface area contributed by atoms with Gasteiger partial charge in [-0.15, -0.1) is 0 Å². The summed E-state index contributed by atoms with van der Waals surface area (Å²) in [6, 6.07) is 0. The Morgan fingerprint density at radius 3 is 2.00 bits per heavy atom. The van der Waals surface area contributed by atoms with E-state index in [9.17, 15) is 0 Å². The van der Waals surface area contributed by atoms with Crippen molar-refractivity contribution in [1.29, 1.82) is 0 Å². The highest BCUT2D eigenvalue weighted by Crippen LogP contribution is 2.15. The first kappa shape index (κ1) is 8.24. The van der Waals surface area contributed by atoms with Crippen molar-refractivity contribution in [1.82, 2.24) is 10.1 Å². The molecular weight excluding hydrogens is 140 g/mol. The molecule has 3 nitrogen and oxygen atoms in total. The van der Waals surface area contributed by atoms with Gasteiger partial charge in [0.25, 0.3) is 0 Å².